The zero-order valence-corrected chi connectivity index (χ0v) is 12.5. The fourth-order valence-corrected chi connectivity index (χ4v) is 2.27. The lowest BCUT2D eigenvalue weighted by molar-refractivity contribution is 0.406. The summed E-state index contributed by atoms with van der Waals surface area (Å²) in [5.74, 6) is 0.938. The minimum atomic E-state index is 0.325. The van der Waals surface area contributed by atoms with Gasteiger partial charge in [0.2, 0.25) is 0 Å². The van der Waals surface area contributed by atoms with Gasteiger partial charge in [0, 0.05) is 18.2 Å². The van der Waals surface area contributed by atoms with Crippen LogP contribution in [0.2, 0.25) is 0 Å². The quantitative estimate of drug-likeness (QED) is 0.852. The van der Waals surface area contributed by atoms with Crippen molar-refractivity contribution in [2.45, 2.75) is 32.9 Å². The number of nitrogens with one attached hydrogen (secondary N) is 1. The molecular formula is C18H23NO. The van der Waals surface area contributed by atoms with Crippen molar-refractivity contribution < 1.29 is 4.74 Å². The lowest BCUT2D eigenvalue weighted by Crippen LogP contribution is -2.18. The topological polar surface area (TPSA) is 21.3 Å². The van der Waals surface area contributed by atoms with E-state index in [-0.39, 0.29) is 0 Å². The minimum absolute atomic E-state index is 0.325. The molecule has 0 bridgehead atoms. The fourth-order valence-electron chi connectivity index (χ4n) is 2.27. The molecule has 0 amide bonds. The summed E-state index contributed by atoms with van der Waals surface area (Å²) in [5, 5.41) is 3.55. The van der Waals surface area contributed by atoms with E-state index in [1.165, 1.54) is 16.7 Å². The molecule has 1 N–H and O–H groups in total. The Morgan fingerprint density at radius 1 is 1.05 bits per heavy atom. The van der Waals surface area contributed by atoms with E-state index >= 15 is 0 Å². The van der Waals surface area contributed by atoms with Gasteiger partial charge in [-0.3, -0.25) is 0 Å². The Labute approximate surface area is 121 Å². The number of hydrogen-bond acceptors (Lipinski definition) is 2. The van der Waals surface area contributed by atoms with Gasteiger partial charge in [0.25, 0.3) is 0 Å². The summed E-state index contributed by atoms with van der Waals surface area (Å²) in [4.78, 5) is 0. The van der Waals surface area contributed by atoms with Crippen LogP contribution in [-0.4, -0.2) is 7.11 Å². The van der Waals surface area contributed by atoms with Gasteiger partial charge in [-0.25, -0.2) is 0 Å². The molecule has 0 aliphatic heterocycles. The first-order valence-corrected chi connectivity index (χ1v) is 7.18. The minimum Gasteiger partial charge on any atom is -0.496 e. The third kappa shape index (κ3) is 3.61. The molecule has 1 unspecified atom stereocenters. The van der Waals surface area contributed by atoms with E-state index in [0.29, 0.717) is 6.04 Å². The summed E-state index contributed by atoms with van der Waals surface area (Å²) < 4.78 is 5.37. The molecule has 0 saturated heterocycles. The number of aryl methyl sites for hydroxylation is 1. The second-order valence-corrected chi connectivity index (χ2v) is 5.01. The van der Waals surface area contributed by atoms with Crippen LogP contribution in [0.25, 0.3) is 0 Å². The molecule has 2 nitrogen and oxygen atoms in total. The second kappa shape index (κ2) is 7.11. The van der Waals surface area contributed by atoms with Gasteiger partial charge >= 0.3 is 0 Å². The summed E-state index contributed by atoms with van der Waals surface area (Å²) in [6.07, 6.45) is 1.09. The molecule has 0 heterocycles. The Morgan fingerprint density at radius 3 is 2.40 bits per heavy atom. The van der Waals surface area contributed by atoms with Crippen LogP contribution < -0.4 is 10.1 Å². The molecule has 1 atom stereocenters. The monoisotopic (exact) mass is 269 g/mol. The molecule has 0 saturated carbocycles. The van der Waals surface area contributed by atoms with Crippen molar-refractivity contribution in [2.24, 2.45) is 0 Å². The van der Waals surface area contributed by atoms with Crippen molar-refractivity contribution in [1.82, 2.24) is 5.32 Å². The third-order valence-electron chi connectivity index (χ3n) is 3.68. The van der Waals surface area contributed by atoms with Crippen LogP contribution >= 0.6 is 0 Å². The zero-order chi connectivity index (χ0) is 14.4. The van der Waals surface area contributed by atoms with E-state index < -0.39 is 0 Å². The summed E-state index contributed by atoms with van der Waals surface area (Å²) in [6.45, 7) is 5.18. The van der Waals surface area contributed by atoms with Gasteiger partial charge in [-0.1, -0.05) is 49.4 Å². The van der Waals surface area contributed by atoms with Crippen LogP contribution in [0.15, 0.2) is 48.5 Å². The lowest BCUT2D eigenvalue weighted by atomic mass is 10.0. The van der Waals surface area contributed by atoms with Crippen LogP contribution in [0, 0.1) is 0 Å². The van der Waals surface area contributed by atoms with E-state index in [4.69, 9.17) is 4.74 Å². The van der Waals surface area contributed by atoms with Crippen molar-refractivity contribution in [3.63, 3.8) is 0 Å². The van der Waals surface area contributed by atoms with Crippen LogP contribution in [0.4, 0.5) is 0 Å². The highest BCUT2D eigenvalue weighted by molar-refractivity contribution is 5.33. The van der Waals surface area contributed by atoms with E-state index in [9.17, 15) is 0 Å². The van der Waals surface area contributed by atoms with Gasteiger partial charge in [-0.05, 0) is 30.5 Å². The van der Waals surface area contributed by atoms with Crippen molar-refractivity contribution in [2.75, 3.05) is 7.11 Å². The average Bonchev–Trinajstić information content (AvgIpc) is 2.53. The molecule has 20 heavy (non-hydrogen) atoms. The molecule has 2 rings (SSSR count). The molecule has 0 aliphatic rings. The van der Waals surface area contributed by atoms with Gasteiger partial charge in [0.1, 0.15) is 5.75 Å². The highest BCUT2D eigenvalue weighted by Gasteiger charge is 2.07. The predicted molar refractivity (Wildman–Crippen MR) is 84.1 cm³/mol. The number of benzene rings is 2. The van der Waals surface area contributed by atoms with Crippen LogP contribution in [0.3, 0.4) is 0 Å². The summed E-state index contributed by atoms with van der Waals surface area (Å²) in [5.41, 5.74) is 3.88. The second-order valence-electron chi connectivity index (χ2n) is 5.01. The highest BCUT2D eigenvalue weighted by Crippen LogP contribution is 2.19. The van der Waals surface area contributed by atoms with Crippen LogP contribution in [-0.2, 0) is 13.0 Å². The number of hydrogen-bond donors (Lipinski definition) is 1. The van der Waals surface area contributed by atoms with Gasteiger partial charge in [-0.15, -0.1) is 0 Å². The number of para-hydroxylation sites is 1. The molecular weight excluding hydrogens is 246 g/mol. The first-order chi connectivity index (χ1) is 9.74. The van der Waals surface area contributed by atoms with E-state index in [0.717, 1.165) is 18.7 Å². The van der Waals surface area contributed by atoms with Gasteiger partial charge in [0.15, 0.2) is 0 Å². The Hall–Kier alpha value is -1.80. The lowest BCUT2D eigenvalue weighted by Gasteiger charge is -2.16. The molecule has 2 aromatic carbocycles. The number of ether oxygens (including phenoxy) is 1. The predicted octanol–water partition coefficient (Wildman–Crippen LogP) is 4.11. The van der Waals surface area contributed by atoms with Gasteiger partial charge in [-0.2, -0.15) is 0 Å². The highest BCUT2D eigenvalue weighted by atomic mass is 16.5. The van der Waals surface area contributed by atoms with E-state index in [1.807, 2.05) is 18.2 Å². The van der Waals surface area contributed by atoms with Crippen molar-refractivity contribution in [3.05, 3.63) is 65.2 Å². The van der Waals surface area contributed by atoms with Gasteiger partial charge in [0.05, 0.1) is 7.11 Å². The smallest absolute Gasteiger partial charge is 0.123 e. The first kappa shape index (κ1) is 14.6. The standard InChI is InChI=1S/C18H23NO/c1-4-15-9-11-16(12-10-15)14(2)19-13-17-7-5-6-8-18(17)20-3/h5-12,14,19H,4,13H2,1-3H3. The molecule has 0 radical (unpaired) electrons. The Bertz CT molecular complexity index is 533. The first-order valence-electron chi connectivity index (χ1n) is 7.18. The third-order valence-corrected chi connectivity index (χ3v) is 3.68. The molecule has 106 valence electrons. The maximum atomic E-state index is 5.37. The maximum absolute atomic E-state index is 5.37. The molecule has 2 aromatic rings. The van der Waals surface area contributed by atoms with E-state index in [2.05, 4.69) is 49.5 Å². The largest absolute Gasteiger partial charge is 0.496 e. The van der Waals surface area contributed by atoms with E-state index in [1.54, 1.807) is 7.11 Å². The fraction of sp³-hybridized carbons (Fsp3) is 0.333. The Morgan fingerprint density at radius 2 is 1.75 bits per heavy atom. The SMILES string of the molecule is CCc1ccc(C(C)NCc2ccccc2OC)cc1. The average molecular weight is 269 g/mol. The summed E-state index contributed by atoms with van der Waals surface area (Å²) in [6, 6.07) is 17.3. The maximum Gasteiger partial charge on any atom is 0.123 e. The van der Waals surface area contributed by atoms with Crippen LogP contribution in [0.5, 0.6) is 5.75 Å². The molecule has 0 spiro atoms. The molecule has 2 heteroatoms. The Kier molecular flexibility index (Phi) is 5.19. The molecule has 0 aromatic heterocycles. The zero-order valence-electron chi connectivity index (χ0n) is 12.5. The molecule has 0 fully saturated rings. The number of methoxy groups -OCH3 is 1. The van der Waals surface area contributed by atoms with Gasteiger partial charge < -0.3 is 10.1 Å². The summed E-state index contributed by atoms with van der Waals surface area (Å²) in [7, 11) is 1.71. The molecule has 0 aliphatic carbocycles. The van der Waals surface area contributed by atoms with Crippen LogP contribution in [0.1, 0.15) is 36.6 Å². The summed E-state index contributed by atoms with van der Waals surface area (Å²) >= 11 is 0. The Balaban J connectivity index is 1.98. The van der Waals surface area contributed by atoms with Crippen molar-refractivity contribution >= 4 is 0 Å². The van der Waals surface area contributed by atoms with Crippen molar-refractivity contribution in [3.8, 4) is 5.75 Å². The normalized spacial score (nSPS) is 12.2. The van der Waals surface area contributed by atoms with Crippen molar-refractivity contribution in [1.29, 1.82) is 0 Å². The number of rotatable bonds is 6.